The summed E-state index contributed by atoms with van der Waals surface area (Å²) in [6.45, 7) is 4.40. The van der Waals surface area contributed by atoms with E-state index in [1.54, 1.807) is 16.4 Å². The van der Waals surface area contributed by atoms with E-state index in [1.807, 2.05) is 6.07 Å². The van der Waals surface area contributed by atoms with Crippen molar-refractivity contribution >= 4 is 10.0 Å². The highest BCUT2D eigenvalue weighted by Crippen LogP contribution is 2.19. The van der Waals surface area contributed by atoms with Crippen molar-refractivity contribution in [3.63, 3.8) is 0 Å². The Morgan fingerprint density at radius 1 is 1.12 bits per heavy atom. The van der Waals surface area contributed by atoms with Gasteiger partial charge in [-0.05, 0) is 50.1 Å². The fourth-order valence-corrected chi connectivity index (χ4v) is 4.77. The molecule has 24 heavy (non-hydrogen) atoms. The predicted octanol–water partition coefficient (Wildman–Crippen LogP) is 1.43. The first-order valence-corrected chi connectivity index (χ1v) is 9.88. The van der Waals surface area contributed by atoms with Crippen LogP contribution >= 0.6 is 0 Å². The molecular formula is C17H23N3O3S. The van der Waals surface area contributed by atoms with Crippen LogP contribution in [0.1, 0.15) is 24.8 Å². The summed E-state index contributed by atoms with van der Waals surface area (Å²) < 4.78 is 32.8. The largest absolute Gasteiger partial charge is 0.377 e. The van der Waals surface area contributed by atoms with Gasteiger partial charge in [0.1, 0.15) is 0 Å². The molecule has 0 saturated carbocycles. The molecule has 2 saturated heterocycles. The second kappa shape index (κ2) is 7.62. The molecule has 0 N–H and O–H groups in total. The van der Waals surface area contributed by atoms with Crippen molar-refractivity contribution in [3.05, 3.63) is 29.8 Å². The lowest BCUT2D eigenvalue weighted by Crippen LogP contribution is -2.37. The summed E-state index contributed by atoms with van der Waals surface area (Å²) in [4.78, 5) is 2.57. The number of hydrogen-bond donors (Lipinski definition) is 0. The molecular weight excluding hydrogens is 326 g/mol. The fraction of sp³-hybridized carbons (Fsp3) is 0.588. The quantitative estimate of drug-likeness (QED) is 0.822. The van der Waals surface area contributed by atoms with Gasteiger partial charge in [-0.3, -0.25) is 4.90 Å². The van der Waals surface area contributed by atoms with Crippen LogP contribution in [0.5, 0.6) is 0 Å². The summed E-state index contributed by atoms with van der Waals surface area (Å²) in [5.74, 6) is 0. The van der Waals surface area contributed by atoms with Gasteiger partial charge in [0, 0.05) is 32.8 Å². The smallest absolute Gasteiger partial charge is 0.243 e. The second-order valence-corrected chi connectivity index (χ2v) is 8.27. The van der Waals surface area contributed by atoms with Crippen LogP contribution in [0.2, 0.25) is 0 Å². The van der Waals surface area contributed by atoms with Crippen LogP contribution in [-0.4, -0.2) is 63.1 Å². The third-order valence-corrected chi connectivity index (χ3v) is 6.57. The van der Waals surface area contributed by atoms with E-state index in [0.717, 1.165) is 45.5 Å². The van der Waals surface area contributed by atoms with E-state index in [0.29, 0.717) is 24.8 Å². The summed E-state index contributed by atoms with van der Waals surface area (Å²) in [6.07, 6.45) is 3.34. The molecule has 130 valence electrons. The topological polar surface area (TPSA) is 73.6 Å². The maximum atomic E-state index is 12.8. The zero-order valence-electron chi connectivity index (χ0n) is 13.7. The van der Waals surface area contributed by atoms with Crippen LogP contribution in [0.25, 0.3) is 0 Å². The van der Waals surface area contributed by atoms with Crippen molar-refractivity contribution in [1.82, 2.24) is 9.21 Å². The minimum Gasteiger partial charge on any atom is -0.377 e. The van der Waals surface area contributed by atoms with E-state index in [4.69, 9.17) is 10.00 Å². The molecule has 7 heteroatoms. The third kappa shape index (κ3) is 3.95. The Bertz CT molecular complexity index is 691. The van der Waals surface area contributed by atoms with Gasteiger partial charge in [0.25, 0.3) is 0 Å². The van der Waals surface area contributed by atoms with Gasteiger partial charge in [0.2, 0.25) is 10.0 Å². The number of sulfonamides is 1. The summed E-state index contributed by atoms with van der Waals surface area (Å²) in [6, 6.07) is 8.14. The van der Waals surface area contributed by atoms with Gasteiger partial charge in [-0.2, -0.15) is 9.57 Å². The number of rotatable bonds is 4. The van der Waals surface area contributed by atoms with Crippen LogP contribution in [0.3, 0.4) is 0 Å². The Morgan fingerprint density at radius 3 is 2.58 bits per heavy atom. The summed E-state index contributed by atoms with van der Waals surface area (Å²) in [7, 11) is -3.50. The van der Waals surface area contributed by atoms with Crippen LogP contribution < -0.4 is 0 Å². The van der Waals surface area contributed by atoms with Crippen LogP contribution in [0.4, 0.5) is 0 Å². The first-order chi connectivity index (χ1) is 11.6. The Hall–Kier alpha value is -1.46. The molecule has 6 nitrogen and oxygen atoms in total. The minimum absolute atomic E-state index is 0.258. The lowest BCUT2D eigenvalue weighted by molar-refractivity contribution is 0.0749. The van der Waals surface area contributed by atoms with E-state index in [1.165, 1.54) is 12.1 Å². The van der Waals surface area contributed by atoms with Crippen LogP contribution in [0.15, 0.2) is 29.2 Å². The highest BCUT2D eigenvalue weighted by atomic mass is 32.2. The van der Waals surface area contributed by atoms with E-state index >= 15 is 0 Å². The molecule has 0 aliphatic carbocycles. The van der Waals surface area contributed by atoms with Gasteiger partial charge < -0.3 is 4.74 Å². The Labute approximate surface area is 143 Å². The molecule has 2 aliphatic rings. The van der Waals surface area contributed by atoms with Gasteiger partial charge in [-0.15, -0.1) is 0 Å². The molecule has 0 amide bonds. The highest BCUT2D eigenvalue weighted by Gasteiger charge is 2.28. The van der Waals surface area contributed by atoms with Gasteiger partial charge in [-0.1, -0.05) is 0 Å². The molecule has 2 heterocycles. The standard InChI is InChI=1S/C17H23N3O3S/c18-13-15-4-6-17(7-5-15)24(21,22)20-9-2-8-19(10-11-20)14-16-3-1-12-23-16/h4-7,16H,1-3,8-12,14H2/t16-/m0/s1. The number of nitriles is 1. The van der Waals surface area contributed by atoms with Gasteiger partial charge in [0.05, 0.1) is 22.6 Å². The summed E-state index contributed by atoms with van der Waals surface area (Å²) in [5.41, 5.74) is 0.465. The molecule has 0 aromatic heterocycles. The number of hydrogen-bond acceptors (Lipinski definition) is 5. The zero-order chi connectivity index (χ0) is 17.0. The van der Waals surface area contributed by atoms with Crippen molar-refractivity contribution in [1.29, 1.82) is 5.26 Å². The second-order valence-electron chi connectivity index (χ2n) is 6.33. The molecule has 2 fully saturated rings. The molecule has 1 aromatic rings. The third-order valence-electron chi connectivity index (χ3n) is 4.65. The molecule has 3 rings (SSSR count). The highest BCUT2D eigenvalue weighted by molar-refractivity contribution is 7.89. The monoisotopic (exact) mass is 349 g/mol. The number of ether oxygens (including phenoxy) is 1. The van der Waals surface area contributed by atoms with Gasteiger partial charge >= 0.3 is 0 Å². The molecule has 2 aliphatic heterocycles. The summed E-state index contributed by atoms with van der Waals surface area (Å²) >= 11 is 0. The predicted molar refractivity (Wildman–Crippen MR) is 89.9 cm³/mol. The molecule has 0 spiro atoms. The van der Waals surface area contributed by atoms with E-state index in [9.17, 15) is 8.42 Å². The molecule has 0 bridgehead atoms. The van der Waals surface area contributed by atoms with E-state index < -0.39 is 10.0 Å². The Balaban J connectivity index is 1.64. The molecule has 0 radical (unpaired) electrons. The lowest BCUT2D eigenvalue weighted by Gasteiger charge is -2.23. The molecule has 1 atom stereocenters. The van der Waals surface area contributed by atoms with Crippen molar-refractivity contribution in [2.24, 2.45) is 0 Å². The maximum absolute atomic E-state index is 12.8. The SMILES string of the molecule is N#Cc1ccc(S(=O)(=O)N2CCCN(C[C@@H]3CCCO3)CC2)cc1. The maximum Gasteiger partial charge on any atom is 0.243 e. The van der Waals surface area contributed by atoms with E-state index in [2.05, 4.69) is 4.90 Å². The van der Waals surface area contributed by atoms with E-state index in [-0.39, 0.29) is 4.90 Å². The van der Waals surface area contributed by atoms with Crippen LogP contribution in [-0.2, 0) is 14.8 Å². The molecule has 1 aromatic carbocycles. The lowest BCUT2D eigenvalue weighted by atomic mass is 10.2. The average Bonchev–Trinajstić information content (AvgIpc) is 2.98. The number of nitrogens with zero attached hydrogens (tertiary/aromatic N) is 3. The van der Waals surface area contributed by atoms with Crippen molar-refractivity contribution in [3.8, 4) is 6.07 Å². The van der Waals surface area contributed by atoms with Crippen LogP contribution in [0, 0.1) is 11.3 Å². The Kier molecular flexibility index (Phi) is 5.51. The first-order valence-electron chi connectivity index (χ1n) is 8.44. The summed E-state index contributed by atoms with van der Waals surface area (Å²) in [5, 5.41) is 8.84. The van der Waals surface area contributed by atoms with Crippen molar-refractivity contribution < 1.29 is 13.2 Å². The van der Waals surface area contributed by atoms with Crippen molar-refractivity contribution in [2.75, 3.05) is 39.3 Å². The van der Waals surface area contributed by atoms with Gasteiger partial charge in [-0.25, -0.2) is 8.42 Å². The number of benzene rings is 1. The van der Waals surface area contributed by atoms with Crippen molar-refractivity contribution in [2.45, 2.75) is 30.3 Å². The fourth-order valence-electron chi connectivity index (χ4n) is 3.30. The average molecular weight is 349 g/mol. The minimum atomic E-state index is -3.50. The molecule has 0 unspecified atom stereocenters. The normalized spacial score (nSPS) is 23.7. The van der Waals surface area contributed by atoms with Gasteiger partial charge in [0.15, 0.2) is 0 Å². The first kappa shape index (κ1) is 17.4. The Morgan fingerprint density at radius 2 is 1.92 bits per heavy atom. The zero-order valence-corrected chi connectivity index (χ0v) is 14.5.